The number of nitrogens with zero attached hydrogens (tertiary/aromatic N) is 5. The second kappa shape index (κ2) is 7.78. The molecule has 0 unspecified atom stereocenters. The highest BCUT2D eigenvalue weighted by Crippen LogP contribution is 2.20. The Morgan fingerprint density at radius 3 is 2.71 bits per heavy atom. The van der Waals surface area contributed by atoms with Crippen molar-refractivity contribution in [3.8, 4) is 23.0 Å². The van der Waals surface area contributed by atoms with Crippen LogP contribution in [-0.4, -0.2) is 30.6 Å². The number of hydrogen-bond acceptors (Lipinski definition) is 6. The van der Waals surface area contributed by atoms with E-state index in [1.165, 1.54) is 18.5 Å². The van der Waals surface area contributed by atoms with Crippen LogP contribution in [0.2, 0.25) is 0 Å². The zero-order chi connectivity index (χ0) is 19.3. The van der Waals surface area contributed by atoms with E-state index >= 15 is 0 Å². The van der Waals surface area contributed by atoms with E-state index in [0.29, 0.717) is 24.0 Å². The summed E-state index contributed by atoms with van der Waals surface area (Å²) in [7, 11) is 0. The van der Waals surface area contributed by atoms with Gasteiger partial charge < -0.3 is 14.4 Å². The van der Waals surface area contributed by atoms with E-state index in [2.05, 4.69) is 25.4 Å². The van der Waals surface area contributed by atoms with Crippen LogP contribution < -0.4 is 5.32 Å². The Balaban J connectivity index is 1.37. The molecule has 0 aliphatic carbocycles. The molecule has 0 saturated heterocycles. The molecule has 1 aromatic carbocycles. The summed E-state index contributed by atoms with van der Waals surface area (Å²) in [5.41, 5.74) is 2.07. The van der Waals surface area contributed by atoms with Crippen molar-refractivity contribution in [1.82, 2.24) is 30.0 Å². The summed E-state index contributed by atoms with van der Waals surface area (Å²) < 4.78 is 19.8. The first-order chi connectivity index (χ1) is 13.7. The first-order valence-electron chi connectivity index (χ1n) is 8.45. The second-order valence-corrected chi connectivity index (χ2v) is 5.99. The fraction of sp³-hybridized carbons (Fsp3) is 0.105. The van der Waals surface area contributed by atoms with Crippen molar-refractivity contribution in [3.63, 3.8) is 0 Å². The molecule has 3 aromatic heterocycles. The molecule has 3 heterocycles. The van der Waals surface area contributed by atoms with Crippen LogP contribution in [0.5, 0.6) is 0 Å². The van der Waals surface area contributed by atoms with Gasteiger partial charge in [-0.3, -0.25) is 9.78 Å². The quantitative estimate of drug-likeness (QED) is 0.553. The van der Waals surface area contributed by atoms with Gasteiger partial charge in [0, 0.05) is 30.7 Å². The van der Waals surface area contributed by atoms with Crippen molar-refractivity contribution < 1.29 is 13.7 Å². The topological polar surface area (TPSA) is 98.7 Å². The third kappa shape index (κ3) is 4.09. The maximum atomic E-state index is 12.9. The number of carbonyl (C=O) groups is 1. The molecule has 140 valence electrons. The largest absolute Gasteiger partial charge is 0.350 e. The van der Waals surface area contributed by atoms with Crippen molar-refractivity contribution in [2.24, 2.45) is 0 Å². The molecule has 9 heteroatoms. The number of halogens is 1. The number of nitrogens with one attached hydrogen (secondary N) is 1. The highest BCUT2D eigenvalue weighted by Gasteiger charge is 2.13. The Bertz CT molecular complexity index is 1080. The van der Waals surface area contributed by atoms with Gasteiger partial charge in [0.05, 0.1) is 6.33 Å². The Morgan fingerprint density at radius 2 is 1.93 bits per heavy atom. The molecule has 0 atom stereocenters. The third-order valence-corrected chi connectivity index (χ3v) is 3.94. The van der Waals surface area contributed by atoms with Crippen molar-refractivity contribution >= 4 is 5.91 Å². The van der Waals surface area contributed by atoms with Crippen LogP contribution in [-0.2, 0) is 17.9 Å². The number of benzene rings is 1. The molecule has 0 radical (unpaired) electrons. The monoisotopic (exact) mass is 378 g/mol. The van der Waals surface area contributed by atoms with Crippen molar-refractivity contribution in [2.45, 2.75) is 13.1 Å². The number of rotatable bonds is 6. The van der Waals surface area contributed by atoms with E-state index < -0.39 is 0 Å². The van der Waals surface area contributed by atoms with Crippen molar-refractivity contribution in [2.75, 3.05) is 0 Å². The molecule has 1 amide bonds. The fourth-order valence-corrected chi connectivity index (χ4v) is 2.53. The van der Waals surface area contributed by atoms with Crippen molar-refractivity contribution in [1.29, 1.82) is 0 Å². The van der Waals surface area contributed by atoms with Gasteiger partial charge in [-0.25, -0.2) is 9.37 Å². The van der Waals surface area contributed by atoms with E-state index in [1.54, 1.807) is 47.4 Å². The van der Waals surface area contributed by atoms with Crippen LogP contribution in [0.1, 0.15) is 5.56 Å². The molecule has 0 fully saturated rings. The highest BCUT2D eigenvalue weighted by molar-refractivity contribution is 5.75. The lowest BCUT2D eigenvalue weighted by molar-refractivity contribution is -0.121. The predicted molar refractivity (Wildman–Crippen MR) is 97.0 cm³/mol. The second-order valence-electron chi connectivity index (χ2n) is 5.99. The molecule has 0 bridgehead atoms. The molecule has 0 aliphatic rings. The molecule has 28 heavy (non-hydrogen) atoms. The Kier molecular flexibility index (Phi) is 4.87. The summed E-state index contributed by atoms with van der Waals surface area (Å²) in [6, 6.07) is 9.50. The van der Waals surface area contributed by atoms with Gasteiger partial charge in [0.1, 0.15) is 18.1 Å². The summed E-state index contributed by atoms with van der Waals surface area (Å²) >= 11 is 0. The highest BCUT2D eigenvalue weighted by atomic mass is 19.1. The number of pyridine rings is 1. The lowest BCUT2D eigenvalue weighted by Crippen LogP contribution is -2.26. The molecular formula is C19H15FN6O2. The van der Waals surface area contributed by atoms with Crippen molar-refractivity contribution in [3.05, 3.63) is 72.7 Å². The molecule has 1 N–H and O–H groups in total. The van der Waals surface area contributed by atoms with Gasteiger partial charge in [-0.05, 0) is 29.8 Å². The van der Waals surface area contributed by atoms with Crippen LogP contribution in [0.25, 0.3) is 23.0 Å². The van der Waals surface area contributed by atoms with E-state index in [0.717, 1.165) is 11.1 Å². The average molecular weight is 378 g/mol. The zero-order valence-electron chi connectivity index (χ0n) is 14.6. The summed E-state index contributed by atoms with van der Waals surface area (Å²) in [4.78, 5) is 24.6. The predicted octanol–water partition coefficient (Wildman–Crippen LogP) is 2.45. The Hall–Kier alpha value is -3.88. The summed E-state index contributed by atoms with van der Waals surface area (Å²) in [5.74, 6) is 0.190. The Morgan fingerprint density at radius 1 is 1.14 bits per heavy atom. The van der Waals surface area contributed by atoms with E-state index in [1.807, 2.05) is 0 Å². The standard InChI is InChI=1S/C19H15FN6O2/c20-15-3-1-13(2-4-15)9-22-17(27)11-26-10-16(23-12-26)18-24-19(28-25-18)14-5-7-21-8-6-14/h1-8,10,12H,9,11H2,(H,22,27). The number of imidazole rings is 1. The molecule has 0 aliphatic heterocycles. The first kappa shape index (κ1) is 17.5. The maximum Gasteiger partial charge on any atom is 0.258 e. The third-order valence-electron chi connectivity index (χ3n) is 3.94. The van der Waals surface area contributed by atoms with Crippen LogP contribution in [0.4, 0.5) is 4.39 Å². The normalized spacial score (nSPS) is 10.8. The number of hydrogen-bond donors (Lipinski definition) is 1. The Labute approximate surface area is 159 Å². The van der Waals surface area contributed by atoms with Crippen LogP contribution in [0.15, 0.2) is 65.8 Å². The number of aromatic nitrogens is 5. The van der Waals surface area contributed by atoms with Crippen LogP contribution >= 0.6 is 0 Å². The molecule has 0 saturated carbocycles. The summed E-state index contributed by atoms with van der Waals surface area (Å²) in [6.07, 6.45) is 6.46. The number of carbonyl (C=O) groups excluding carboxylic acids is 1. The minimum Gasteiger partial charge on any atom is -0.350 e. The van der Waals surface area contributed by atoms with Crippen LogP contribution in [0, 0.1) is 5.82 Å². The molecular weight excluding hydrogens is 363 g/mol. The van der Waals surface area contributed by atoms with Gasteiger partial charge in [0.15, 0.2) is 0 Å². The maximum absolute atomic E-state index is 12.9. The minimum atomic E-state index is -0.311. The zero-order valence-corrected chi connectivity index (χ0v) is 14.6. The SMILES string of the molecule is O=C(Cn1cnc(-c2noc(-c3ccncc3)n2)c1)NCc1ccc(F)cc1. The van der Waals surface area contributed by atoms with E-state index in [-0.39, 0.29) is 18.3 Å². The minimum absolute atomic E-state index is 0.0866. The molecule has 8 nitrogen and oxygen atoms in total. The van der Waals surface area contributed by atoms with Gasteiger partial charge in [-0.2, -0.15) is 4.98 Å². The van der Waals surface area contributed by atoms with Crippen LogP contribution in [0.3, 0.4) is 0 Å². The fourth-order valence-electron chi connectivity index (χ4n) is 2.53. The van der Waals surface area contributed by atoms with Gasteiger partial charge in [-0.15, -0.1) is 0 Å². The lowest BCUT2D eigenvalue weighted by atomic mass is 10.2. The molecule has 4 aromatic rings. The summed E-state index contributed by atoms with van der Waals surface area (Å²) in [5, 5.41) is 6.70. The average Bonchev–Trinajstić information content (AvgIpc) is 3.38. The smallest absolute Gasteiger partial charge is 0.258 e. The van der Waals surface area contributed by atoms with Gasteiger partial charge in [0.25, 0.3) is 5.89 Å². The van der Waals surface area contributed by atoms with Gasteiger partial charge in [0.2, 0.25) is 11.7 Å². The first-order valence-corrected chi connectivity index (χ1v) is 8.45. The molecule has 0 spiro atoms. The van der Waals surface area contributed by atoms with Gasteiger partial charge in [-0.1, -0.05) is 17.3 Å². The van der Waals surface area contributed by atoms with E-state index in [4.69, 9.17) is 4.52 Å². The number of amides is 1. The van der Waals surface area contributed by atoms with Gasteiger partial charge >= 0.3 is 0 Å². The summed E-state index contributed by atoms with van der Waals surface area (Å²) in [6.45, 7) is 0.407. The molecule has 4 rings (SSSR count). The van der Waals surface area contributed by atoms with E-state index in [9.17, 15) is 9.18 Å². The lowest BCUT2D eigenvalue weighted by Gasteiger charge is -2.05.